The zero-order chi connectivity index (χ0) is 13.3. The maximum absolute atomic E-state index is 11.6. The lowest BCUT2D eigenvalue weighted by Gasteiger charge is -2.41. The van der Waals surface area contributed by atoms with Gasteiger partial charge in [0.1, 0.15) is 5.60 Å². The summed E-state index contributed by atoms with van der Waals surface area (Å²) in [7, 11) is 0. The van der Waals surface area contributed by atoms with Crippen molar-refractivity contribution in [3.8, 4) is 0 Å². The summed E-state index contributed by atoms with van der Waals surface area (Å²) in [5, 5.41) is 12.3. The molecular formula is C13H25NO3. The maximum atomic E-state index is 11.6. The van der Waals surface area contributed by atoms with Crippen LogP contribution >= 0.6 is 0 Å². The highest BCUT2D eigenvalue weighted by atomic mass is 16.6. The van der Waals surface area contributed by atoms with Gasteiger partial charge in [0.05, 0.1) is 5.60 Å². The minimum absolute atomic E-state index is 0.0485. The van der Waals surface area contributed by atoms with E-state index in [0.29, 0.717) is 18.8 Å². The number of carbonyl (C=O) groups is 1. The van der Waals surface area contributed by atoms with Crippen molar-refractivity contribution in [1.29, 1.82) is 0 Å². The molecular weight excluding hydrogens is 218 g/mol. The fourth-order valence-electron chi connectivity index (χ4n) is 2.58. The third-order valence-corrected chi connectivity index (χ3v) is 2.96. The fraction of sp³-hybridized carbons (Fsp3) is 0.923. The SMILES string of the molecule is CC(C)CC(C)(C)OC(=O)NC1CC(C)(O)C1. The average molecular weight is 243 g/mol. The fourth-order valence-corrected chi connectivity index (χ4v) is 2.58. The van der Waals surface area contributed by atoms with E-state index in [2.05, 4.69) is 19.2 Å². The average Bonchev–Trinajstić information content (AvgIpc) is 1.94. The Bertz CT molecular complexity index is 276. The molecule has 0 aliphatic heterocycles. The van der Waals surface area contributed by atoms with E-state index in [4.69, 9.17) is 4.74 Å². The van der Waals surface area contributed by atoms with Crippen molar-refractivity contribution in [3.05, 3.63) is 0 Å². The lowest BCUT2D eigenvalue weighted by molar-refractivity contribution is -0.0428. The van der Waals surface area contributed by atoms with Crippen LogP contribution in [0.3, 0.4) is 0 Å². The Hall–Kier alpha value is -0.770. The zero-order valence-corrected chi connectivity index (χ0v) is 11.5. The van der Waals surface area contributed by atoms with Crippen molar-refractivity contribution < 1.29 is 14.6 Å². The Balaban J connectivity index is 2.30. The first-order valence-corrected chi connectivity index (χ1v) is 6.31. The molecule has 1 saturated carbocycles. The summed E-state index contributed by atoms with van der Waals surface area (Å²) in [5.74, 6) is 0.488. The molecule has 0 aromatic rings. The van der Waals surface area contributed by atoms with Crippen LogP contribution in [0, 0.1) is 5.92 Å². The molecule has 4 nitrogen and oxygen atoms in total. The highest BCUT2D eigenvalue weighted by Crippen LogP contribution is 2.31. The van der Waals surface area contributed by atoms with Gasteiger partial charge in [-0.25, -0.2) is 4.79 Å². The molecule has 1 fully saturated rings. The largest absolute Gasteiger partial charge is 0.444 e. The molecule has 0 bridgehead atoms. The predicted octanol–water partition coefficient (Wildman–Crippen LogP) is 2.45. The first-order chi connectivity index (χ1) is 7.60. The van der Waals surface area contributed by atoms with Crippen molar-refractivity contribution in [2.45, 2.75) is 71.1 Å². The molecule has 4 heteroatoms. The first kappa shape index (κ1) is 14.3. The van der Waals surface area contributed by atoms with Gasteiger partial charge < -0.3 is 15.2 Å². The molecule has 1 rings (SSSR count). The van der Waals surface area contributed by atoms with Gasteiger partial charge in [-0.3, -0.25) is 0 Å². The van der Waals surface area contributed by atoms with Crippen LogP contribution in [-0.2, 0) is 4.74 Å². The Kier molecular flexibility index (Phi) is 4.07. The summed E-state index contributed by atoms with van der Waals surface area (Å²) in [6.07, 6.45) is 1.67. The minimum atomic E-state index is -0.620. The van der Waals surface area contributed by atoms with Crippen molar-refractivity contribution in [2.75, 3.05) is 0 Å². The smallest absolute Gasteiger partial charge is 0.407 e. The van der Waals surface area contributed by atoms with Crippen LogP contribution in [0.4, 0.5) is 4.79 Å². The van der Waals surface area contributed by atoms with E-state index in [1.807, 2.05) is 13.8 Å². The van der Waals surface area contributed by atoms with Gasteiger partial charge in [0, 0.05) is 6.04 Å². The number of ether oxygens (including phenoxy) is 1. The van der Waals surface area contributed by atoms with Gasteiger partial charge in [-0.15, -0.1) is 0 Å². The molecule has 1 amide bonds. The van der Waals surface area contributed by atoms with E-state index in [1.165, 1.54) is 0 Å². The molecule has 100 valence electrons. The second kappa shape index (κ2) is 4.84. The van der Waals surface area contributed by atoms with E-state index in [-0.39, 0.29) is 12.1 Å². The molecule has 1 aliphatic carbocycles. The first-order valence-electron chi connectivity index (χ1n) is 6.31. The second-order valence-electron chi connectivity index (χ2n) is 6.49. The highest BCUT2D eigenvalue weighted by Gasteiger charge is 2.39. The van der Waals surface area contributed by atoms with Crippen molar-refractivity contribution in [1.82, 2.24) is 5.32 Å². The van der Waals surface area contributed by atoms with Gasteiger partial charge in [-0.1, -0.05) is 13.8 Å². The standard InChI is InChI=1S/C13H25NO3/c1-9(2)6-12(3,4)17-11(15)14-10-7-13(5,16)8-10/h9-10,16H,6-8H2,1-5H3,(H,14,15). The number of alkyl carbamates (subject to hydrolysis) is 1. The highest BCUT2D eigenvalue weighted by molar-refractivity contribution is 5.68. The summed E-state index contributed by atoms with van der Waals surface area (Å²) in [4.78, 5) is 11.6. The van der Waals surface area contributed by atoms with E-state index in [9.17, 15) is 9.90 Å². The monoisotopic (exact) mass is 243 g/mol. The van der Waals surface area contributed by atoms with Crippen LogP contribution in [-0.4, -0.2) is 28.4 Å². The molecule has 0 unspecified atom stereocenters. The topological polar surface area (TPSA) is 58.6 Å². The molecule has 0 saturated heterocycles. The van der Waals surface area contributed by atoms with Crippen LogP contribution in [0.2, 0.25) is 0 Å². The molecule has 0 radical (unpaired) electrons. The summed E-state index contributed by atoms with van der Waals surface area (Å²) < 4.78 is 5.39. The molecule has 2 N–H and O–H groups in total. The molecule has 0 aromatic heterocycles. The summed E-state index contributed by atoms with van der Waals surface area (Å²) >= 11 is 0. The van der Waals surface area contributed by atoms with E-state index >= 15 is 0 Å². The predicted molar refractivity (Wildman–Crippen MR) is 66.8 cm³/mol. The van der Waals surface area contributed by atoms with E-state index < -0.39 is 11.2 Å². The Labute approximate surface area is 104 Å². The van der Waals surface area contributed by atoms with E-state index in [0.717, 1.165) is 6.42 Å². The molecule has 0 aromatic carbocycles. The third kappa shape index (κ3) is 4.94. The summed E-state index contributed by atoms with van der Waals surface area (Å²) in [6, 6.07) is 0.0485. The van der Waals surface area contributed by atoms with E-state index in [1.54, 1.807) is 6.92 Å². The van der Waals surface area contributed by atoms with Crippen molar-refractivity contribution in [2.24, 2.45) is 5.92 Å². The maximum Gasteiger partial charge on any atom is 0.407 e. The Morgan fingerprint density at radius 1 is 1.53 bits per heavy atom. The Morgan fingerprint density at radius 3 is 2.47 bits per heavy atom. The van der Waals surface area contributed by atoms with Gasteiger partial charge in [0.2, 0.25) is 0 Å². The summed E-state index contributed by atoms with van der Waals surface area (Å²) in [5.41, 5.74) is -1.06. The van der Waals surface area contributed by atoms with Crippen molar-refractivity contribution in [3.63, 3.8) is 0 Å². The van der Waals surface area contributed by atoms with Crippen molar-refractivity contribution >= 4 is 6.09 Å². The van der Waals surface area contributed by atoms with Gasteiger partial charge in [-0.2, -0.15) is 0 Å². The molecule has 1 aliphatic rings. The number of aliphatic hydroxyl groups is 1. The lowest BCUT2D eigenvalue weighted by Crippen LogP contribution is -2.54. The number of nitrogens with one attached hydrogen (secondary N) is 1. The van der Waals surface area contributed by atoms with Crippen LogP contribution in [0.25, 0.3) is 0 Å². The Morgan fingerprint density at radius 2 is 2.06 bits per heavy atom. The lowest BCUT2D eigenvalue weighted by atomic mass is 9.77. The second-order valence-corrected chi connectivity index (χ2v) is 6.49. The number of amides is 1. The molecule has 17 heavy (non-hydrogen) atoms. The number of carbonyl (C=O) groups excluding carboxylic acids is 1. The van der Waals surface area contributed by atoms with Crippen LogP contribution in [0.1, 0.15) is 53.9 Å². The van der Waals surface area contributed by atoms with Crippen LogP contribution < -0.4 is 5.32 Å². The van der Waals surface area contributed by atoms with Gasteiger partial charge >= 0.3 is 6.09 Å². The normalized spacial score (nSPS) is 28.8. The van der Waals surface area contributed by atoms with Crippen LogP contribution in [0.15, 0.2) is 0 Å². The quantitative estimate of drug-likeness (QED) is 0.797. The third-order valence-electron chi connectivity index (χ3n) is 2.96. The number of hydrogen-bond donors (Lipinski definition) is 2. The molecule has 0 atom stereocenters. The summed E-state index contributed by atoms with van der Waals surface area (Å²) in [6.45, 7) is 9.82. The van der Waals surface area contributed by atoms with Gasteiger partial charge in [0.15, 0.2) is 0 Å². The number of rotatable bonds is 4. The zero-order valence-electron chi connectivity index (χ0n) is 11.5. The minimum Gasteiger partial charge on any atom is -0.444 e. The van der Waals surface area contributed by atoms with Crippen LogP contribution in [0.5, 0.6) is 0 Å². The van der Waals surface area contributed by atoms with Gasteiger partial charge in [0.25, 0.3) is 0 Å². The molecule has 0 heterocycles. The molecule has 0 spiro atoms. The van der Waals surface area contributed by atoms with Gasteiger partial charge in [-0.05, 0) is 46.0 Å². The number of hydrogen-bond acceptors (Lipinski definition) is 3.